The smallest absolute Gasteiger partial charge is 0.258 e. The van der Waals surface area contributed by atoms with Crippen molar-refractivity contribution in [2.75, 3.05) is 13.2 Å². The molecule has 2 aromatic rings. The van der Waals surface area contributed by atoms with Crippen molar-refractivity contribution in [3.8, 4) is 11.5 Å². The Hall–Kier alpha value is -2.20. The Morgan fingerprint density at radius 1 is 1.35 bits per heavy atom. The molecule has 4 nitrogen and oxygen atoms in total. The highest BCUT2D eigenvalue weighted by Crippen LogP contribution is 2.33. The Kier molecular flexibility index (Phi) is 4.72. The molecule has 1 atom stereocenters. The summed E-state index contributed by atoms with van der Waals surface area (Å²) in [6.45, 7) is 2.50. The molecule has 0 radical (unpaired) electrons. The first-order valence-electron chi connectivity index (χ1n) is 7.53. The highest BCUT2D eigenvalue weighted by atomic mass is 35.5. The van der Waals surface area contributed by atoms with Crippen LogP contribution in [-0.4, -0.2) is 19.1 Å². The third kappa shape index (κ3) is 3.77. The number of hydrogen-bond donors (Lipinski definition) is 1. The lowest BCUT2D eigenvalue weighted by molar-refractivity contribution is -0.124. The maximum Gasteiger partial charge on any atom is 0.258 e. The average Bonchev–Trinajstić information content (AvgIpc) is 2.55. The zero-order valence-electron chi connectivity index (χ0n) is 12.8. The minimum Gasteiger partial charge on any atom is -0.493 e. The van der Waals surface area contributed by atoms with E-state index in [0.29, 0.717) is 18.1 Å². The minimum atomic E-state index is -0.161. The highest BCUT2D eigenvalue weighted by molar-refractivity contribution is 6.30. The maximum absolute atomic E-state index is 12.2. The molecule has 0 aliphatic carbocycles. The third-order valence-electron chi connectivity index (χ3n) is 3.80. The standard InChI is InChI=1S/C18H18ClNO3/c1-12-4-2-3-5-16(12)23-11-18(21)20-15-8-9-22-17-7-6-13(19)10-14(15)17/h2-7,10,15H,8-9,11H2,1H3,(H,20,21). The summed E-state index contributed by atoms with van der Waals surface area (Å²) in [6, 6.07) is 13.0. The zero-order chi connectivity index (χ0) is 16.2. The quantitative estimate of drug-likeness (QED) is 0.930. The van der Waals surface area contributed by atoms with Gasteiger partial charge in [-0.15, -0.1) is 0 Å². The van der Waals surface area contributed by atoms with Gasteiger partial charge in [0.25, 0.3) is 5.91 Å². The fourth-order valence-corrected chi connectivity index (χ4v) is 2.79. The van der Waals surface area contributed by atoms with Gasteiger partial charge < -0.3 is 14.8 Å². The van der Waals surface area contributed by atoms with E-state index in [1.54, 1.807) is 6.07 Å². The summed E-state index contributed by atoms with van der Waals surface area (Å²) in [5, 5.41) is 3.62. The summed E-state index contributed by atoms with van der Waals surface area (Å²) < 4.78 is 11.2. The van der Waals surface area contributed by atoms with E-state index in [1.807, 2.05) is 43.3 Å². The van der Waals surface area contributed by atoms with Crippen LogP contribution >= 0.6 is 11.6 Å². The van der Waals surface area contributed by atoms with Crippen LogP contribution in [0.25, 0.3) is 0 Å². The summed E-state index contributed by atoms with van der Waals surface area (Å²) in [4.78, 5) is 12.2. The van der Waals surface area contributed by atoms with Crippen LogP contribution in [0, 0.1) is 6.92 Å². The molecule has 1 aliphatic heterocycles. The summed E-state index contributed by atoms with van der Waals surface area (Å²) in [5.74, 6) is 1.33. The van der Waals surface area contributed by atoms with Gasteiger partial charge in [0.2, 0.25) is 0 Å². The fourth-order valence-electron chi connectivity index (χ4n) is 2.61. The lowest BCUT2D eigenvalue weighted by Gasteiger charge is -2.27. The van der Waals surface area contributed by atoms with Gasteiger partial charge >= 0.3 is 0 Å². The third-order valence-corrected chi connectivity index (χ3v) is 4.03. The molecular weight excluding hydrogens is 314 g/mol. The molecule has 0 saturated carbocycles. The van der Waals surface area contributed by atoms with Gasteiger partial charge in [-0.1, -0.05) is 29.8 Å². The van der Waals surface area contributed by atoms with E-state index in [2.05, 4.69) is 5.32 Å². The van der Waals surface area contributed by atoms with Gasteiger partial charge in [0.05, 0.1) is 12.6 Å². The topological polar surface area (TPSA) is 47.6 Å². The molecule has 0 aromatic heterocycles. The summed E-state index contributed by atoms with van der Waals surface area (Å²) in [5.41, 5.74) is 1.91. The maximum atomic E-state index is 12.2. The Morgan fingerprint density at radius 2 is 2.17 bits per heavy atom. The molecule has 1 amide bonds. The van der Waals surface area contributed by atoms with Crippen LogP contribution < -0.4 is 14.8 Å². The van der Waals surface area contributed by atoms with E-state index in [-0.39, 0.29) is 18.6 Å². The van der Waals surface area contributed by atoms with Crippen LogP contribution in [0.5, 0.6) is 11.5 Å². The number of nitrogens with one attached hydrogen (secondary N) is 1. The average molecular weight is 332 g/mol. The normalized spacial score (nSPS) is 16.2. The zero-order valence-corrected chi connectivity index (χ0v) is 13.6. The summed E-state index contributed by atoms with van der Waals surface area (Å²) in [6.07, 6.45) is 0.712. The Balaban J connectivity index is 1.63. The van der Waals surface area contributed by atoms with Gasteiger partial charge in [-0.25, -0.2) is 0 Å². The molecule has 1 aliphatic rings. The van der Waals surface area contributed by atoms with Crippen molar-refractivity contribution in [3.63, 3.8) is 0 Å². The Bertz CT molecular complexity index is 717. The number of halogens is 1. The number of para-hydroxylation sites is 1. The molecule has 0 spiro atoms. The van der Waals surface area contributed by atoms with Gasteiger partial charge in [-0.3, -0.25) is 4.79 Å². The summed E-state index contributed by atoms with van der Waals surface area (Å²) in [7, 11) is 0. The van der Waals surface area contributed by atoms with Crippen LogP contribution in [0.1, 0.15) is 23.6 Å². The molecule has 2 aromatic carbocycles. The lowest BCUT2D eigenvalue weighted by atomic mass is 10.0. The predicted octanol–water partition coefficient (Wildman–Crippen LogP) is 3.67. The number of amides is 1. The van der Waals surface area contributed by atoms with E-state index in [4.69, 9.17) is 21.1 Å². The molecule has 0 fully saturated rings. The van der Waals surface area contributed by atoms with Crippen LogP contribution in [-0.2, 0) is 4.79 Å². The van der Waals surface area contributed by atoms with Crippen molar-refractivity contribution in [2.24, 2.45) is 0 Å². The van der Waals surface area contributed by atoms with Crippen LogP contribution in [0.4, 0.5) is 0 Å². The van der Waals surface area contributed by atoms with Crippen molar-refractivity contribution >= 4 is 17.5 Å². The SMILES string of the molecule is Cc1ccccc1OCC(=O)NC1CCOc2ccc(Cl)cc21. The van der Waals surface area contributed by atoms with Gasteiger partial charge in [0.1, 0.15) is 11.5 Å². The van der Waals surface area contributed by atoms with E-state index in [9.17, 15) is 4.79 Å². The fraction of sp³-hybridized carbons (Fsp3) is 0.278. The van der Waals surface area contributed by atoms with Crippen molar-refractivity contribution in [2.45, 2.75) is 19.4 Å². The number of aryl methyl sites for hydroxylation is 1. The van der Waals surface area contributed by atoms with Gasteiger partial charge in [0, 0.05) is 17.0 Å². The predicted molar refractivity (Wildman–Crippen MR) is 89.1 cm³/mol. The molecule has 0 bridgehead atoms. The van der Waals surface area contributed by atoms with Crippen molar-refractivity contribution in [1.29, 1.82) is 0 Å². The molecule has 1 heterocycles. The molecule has 0 saturated heterocycles. The van der Waals surface area contributed by atoms with Gasteiger partial charge in [0.15, 0.2) is 6.61 Å². The van der Waals surface area contributed by atoms with Crippen molar-refractivity contribution in [1.82, 2.24) is 5.32 Å². The number of rotatable bonds is 4. The second kappa shape index (κ2) is 6.92. The highest BCUT2D eigenvalue weighted by Gasteiger charge is 2.23. The molecule has 23 heavy (non-hydrogen) atoms. The first kappa shape index (κ1) is 15.7. The second-order valence-electron chi connectivity index (χ2n) is 5.49. The Morgan fingerprint density at radius 3 is 3.00 bits per heavy atom. The number of benzene rings is 2. The van der Waals surface area contributed by atoms with Gasteiger partial charge in [-0.05, 0) is 36.8 Å². The first-order valence-corrected chi connectivity index (χ1v) is 7.91. The molecular formula is C18H18ClNO3. The number of fused-ring (bicyclic) bond motifs is 1. The molecule has 5 heteroatoms. The number of ether oxygens (including phenoxy) is 2. The van der Waals surface area contributed by atoms with E-state index in [0.717, 1.165) is 22.6 Å². The van der Waals surface area contributed by atoms with Crippen LogP contribution in [0.2, 0.25) is 5.02 Å². The molecule has 3 rings (SSSR count). The van der Waals surface area contributed by atoms with Crippen LogP contribution in [0.3, 0.4) is 0 Å². The van der Waals surface area contributed by atoms with Crippen molar-refractivity contribution in [3.05, 3.63) is 58.6 Å². The largest absolute Gasteiger partial charge is 0.493 e. The monoisotopic (exact) mass is 331 g/mol. The van der Waals surface area contributed by atoms with Gasteiger partial charge in [-0.2, -0.15) is 0 Å². The van der Waals surface area contributed by atoms with E-state index in [1.165, 1.54) is 0 Å². The first-order chi connectivity index (χ1) is 11.1. The Labute approximate surface area is 140 Å². The number of carbonyl (C=O) groups excluding carboxylic acids is 1. The lowest BCUT2D eigenvalue weighted by Crippen LogP contribution is -2.35. The molecule has 120 valence electrons. The molecule has 1 unspecified atom stereocenters. The number of hydrogen-bond acceptors (Lipinski definition) is 3. The summed E-state index contributed by atoms with van der Waals surface area (Å²) >= 11 is 6.04. The number of carbonyl (C=O) groups is 1. The van der Waals surface area contributed by atoms with E-state index < -0.39 is 0 Å². The second-order valence-corrected chi connectivity index (χ2v) is 5.93. The van der Waals surface area contributed by atoms with E-state index >= 15 is 0 Å². The minimum absolute atomic E-state index is 0.0158. The van der Waals surface area contributed by atoms with Crippen molar-refractivity contribution < 1.29 is 14.3 Å². The molecule has 1 N–H and O–H groups in total. The van der Waals surface area contributed by atoms with Crippen LogP contribution in [0.15, 0.2) is 42.5 Å².